The second-order valence-corrected chi connectivity index (χ2v) is 8.77. The first-order valence-corrected chi connectivity index (χ1v) is 11.5. The zero-order chi connectivity index (χ0) is 24.6. The van der Waals surface area contributed by atoms with Crippen LogP contribution < -0.4 is 14.6 Å². The highest BCUT2D eigenvalue weighted by molar-refractivity contribution is 6.28. The van der Waals surface area contributed by atoms with E-state index in [0.29, 0.717) is 22.8 Å². The SMILES string of the molecule is COc1ccccc1N1C(=O)CC(C2(Cc3ccccc3)C(=O)N(c3ccccc3)N=C2C)C1=O. The smallest absolute Gasteiger partial charge is 0.260 e. The van der Waals surface area contributed by atoms with E-state index in [9.17, 15) is 14.4 Å². The van der Waals surface area contributed by atoms with Gasteiger partial charge in [-0.25, -0.2) is 4.90 Å². The maximum Gasteiger partial charge on any atom is 0.260 e. The summed E-state index contributed by atoms with van der Waals surface area (Å²) in [7, 11) is 1.49. The Balaban J connectivity index is 1.61. The molecule has 0 saturated carbocycles. The molecule has 0 N–H and O–H groups in total. The quantitative estimate of drug-likeness (QED) is 0.509. The van der Waals surface area contributed by atoms with Gasteiger partial charge in [-0.05, 0) is 43.2 Å². The van der Waals surface area contributed by atoms with Crippen LogP contribution in [0.25, 0.3) is 0 Å². The Labute approximate surface area is 203 Å². The summed E-state index contributed by atoms with van der Waals surface area (Å²) < 4.78 is 5.41. The van der Waals surface area contributed by atoms with E-state index in [0.717, 1.165) is 10.5 Å². The zero-order valence-corrected chi connectivity index (χ0v) is 19.5. The lowest BCUT2D eigenvalue weighted by molar-refractivity contribution is -0.132. The largest absolute Gasteiger partial charge is 0.495 e. The van der Waals surface area contributed by atoms with Crippen LogP contribution in [0.1, 0.15) is 18.9 Å². The van der Waals surface area contributed by atoms with Crippen LogP contribution in [0.3, 0.4) is 0 Å². The van der Waals surface area contributed by atoms with Gasteiger partial charge in [0, 0.05) is 6.42 Å². The Morgan fingerprint density at radius 3 is 2.23 bits per heavy atom. The van der Waals surface area contributed by atoms with Crippen LogP contribution in [0.15, 0.2) is 90.0 Å². The molecule has 2 unspecified atom stereocenters. The number of hydrogen-bond donors (Lipinski definition) is 0. The summed E-state index contributed by atoms with van der Waals surface area (Å²) in [6.07, 6.45) is 0.166. The van der Waals surface area contributed by atoms with E-state index in [1.807, 2.05) is 48.5 Å². The van der Waals surface area contributed by atoms with Crippen molar-refractivity contribution in [3.8, 4) is 5.75 Å². The molecule has 0 spiro atoms. The molecule has 3 aromatic rings. The van der Waals surface area contributed by atoms with Gasteiger partial charge in [0.05, 0.1) is 30.1 Å². The summed E-state index contributed by atoms with van der Waals surface area (Å²) in [5, 5.41) is 5.98. The minimum absolute atomic E-state index is 0.0923. The standard InChI is InChI=1S/C28H25N3O4/c1-19-28(18-20-11-5-3-6-12-20,27(34)31(29-19)21-13-7-4-8-14-21)22-17-25(32)30(26(22)33)23-15-9-10-16-24(23)35-2/h3-16,22H,17-18H2,1-2H3. The molecular formula is C28H25N3O4. The van der Waals surface area contributed by atoms with Crippen molar-refractivity contribution >= 4 is 34.8 Å². The minimum atomic E-state index is -1.29. The van der Waals surface area contributed by atoms with Crippen LogP contribution >= 0.6 is 0 Å². The van der Waals surface area contributed by atoms with Crippen molar-refractivity contribution in [3.05, 3.63) is 90.5 Å². The number of ether oxygens (including phenoxy) is 1. The van der Waals surface area contributed by atoms with Gasteiger partial charge >= 0.3 is 0 Å². The van der Waals surface area contributed by atoms with Crippen molar-refractivity contribution in [2.24, 2.45) is 16.4 Å². The number of imide groups is 1. The maximum atomic E-state index is 14.2. The molecule has 0 bridgehead atoms. The number of nitrogens with zero attached hydrogens (tertiary/aromatic N) is 3. The maximum absolute atomic E-state index is 14.2. The third-order valence-electron chi connectivity index (χ3n) is 6.86. The number of carbonyl (C=O) groups excluding carboxylic acids is 3. The van der Waals surface area contributed by atoms with Crippen molar-refractivity contribution < 1.29 is 19.1 Å². The van der Waals surface area contributed by atoms with Crippen LogP contribution in [0.4, 0.5) is 11.4 Å². The van der Waals surface area contributed by atoms with E-state index in [4.69, 9.17) is 4.74 Å². The lowest BCUT2D eigenvalue weighted by Gasteiger charge is -2.33. The highest BCUT2D eigenvalue weighted by Crippen LogP contribution is 2.48. The molecule has 3 aromatic carbocycles. The van der Waals surface area contributed by atoms with E-state index >= 15 is 0 Å². The number of methoxy groups -OCH3 is 1. The Hall–Kier alpha value is -4.26. The predicted molar refractivity (Wildman–Crippen MR) is 133 cm³/mol. The molecule has 5 rings (SSSR count). The van der Waals surface area contributed by atoms with E-state index in [-0.39, 0.29) is 24.7 Å². The number of anilines is 2. The van der Waals surface area contributed by atoms with Gasteiger partial charge in [0.25, 0.3) is 5.91 Å². The first-order valence-electron chi connectivity index (χ1n) is 11.5. The fourth-order valence-electron chi connectivity index (χ4n) is 5.10. The molecule has 2 aliphatic rings. The summed E-state index contributed by atoms with van der Waals surface area (Å²) >= 11 is 0. The third-order valence-corrected chi connectivity index (χ3v) is 6.86. The van der Waals surface area contributed by atoms with Gasteiger partial charge in [-0.1, -0.05) is 60.7 Å². The molecule has 176 valence electrons. The summed E-state index contributed by atoms with van der Waals surface area (Å²) in [6, 6.07) is 25.6. The summed E-state index contributed by atoms with van der Waals surface area (Å²) in [5.74, 6) is -1.58. The minimum Gasteiger partial charge on any atom is -0.495 e. The molecule has 0 aromatic heterocycles. The Morgan fingerprint density at radius 1 is 0.914 bits per heavy atom. The molecule has 35 heavy (non-hydrogen) atoms. The number of hydrogen-bond acceptors (Lipinski definition) is 5. The van der Waals surface area contributed by atoms with Crippen molar-refractivity contribution in [2.45, 2.75) is 19.8 Å². The second-order valence-electron chi connectivity index (χ2n) is 8.77. The third kappa shape index (κ3) is 3.60. The molecule has 2 heterocycles. The van der Waals surface area contributed by atoms with Crippen molar-refractivity contribution in [3.63, 3.8) is 0 Å². The lowest BCUT2D eigenvalue weighted by atomic mass is 9.67. The Morgan fingerprint density at radius 2 is 1.54 bits per heavy atom. The van der Waals surface area contributed by atoms with Gasteiger partial charge in [0.2, 0.25) is 11.8 Å². The van der Waals surface area contributed by atoms with Gasteiger partial charge in [0.15, 0.2) is 0 Å². The molecule has 2 aliphatic heterocycles. The monoisotopic (exact) mass is 467 g/mol. The van der Waals surface area contributed by atoms with Crippen molar-refractivity contribution in [2.75, 3.05) is 17.0 Å². The normalized spacial score (nSPS) is 22.1. The highest BCUT2D eigenvalue weighted by atomic mass is 16.5. The first kappa shape index (κ1) is 22.5. The van der Waals surface area contributed by atoms with Gasteiger partial charge in [-0.15, -0.1) is 0 Å². The van der Waals surface area contributed by atoms with Crippen LogP contribution in [-0.4, -0.2) is 30.5 Å². The average Bonchev–Trinajstić information content (AvgIpc) is 3.32. The summed E-state index contributed by atoms with van der Waals surface area (Å²) in [4.78, 5) is 42.5. The molecule has 2 atom stereocenters. The summed E-state index contributed by atoms with van der Waals surface area (Å²) in [5.41, 5.74) is 1.11. The fourth-order valence-corrected chi connectivity index (χ4v) is 5.10. The molecule has 1 fully saturated rings. The number of amides is 3. The molecule has 0 radical (unpaired) electrons. The highest BCUT2D eigenvalue weighted by Gasteiger charge is 2.61. The number of rotatable bonds is 6. The molecule has 0 aliphatic carbocycles. The zero-order valence-electron chi connectivity index (χ0n) is 19.5. The van der Waals surface area contributed by atoms with Gasteiger partial charge in [-0.3, -0.25) is 14.4 Å². The van der Waals surface area contributed by atoms with Crippen LogP contribution in [-0.2, 0) is 20.8 Å². The molecule has 7 heteroatoms. The van der Waals surface area contributed by atoms with Gasteiger partial charge < -0.3 is 4.74 Å². The summed E-state index contributed by atoms with van der Waals surface area (Å²) in [6.45, 7) is 1.77. The first-order chi connectivity index (χ1) is 17.0. The fraction of sp³-hybridized carbons (Fsp3) is 0.214. The number of benzene rings is 3. The Kier molecular flexibility index (Phi) is 5.68. The van der Waals surface area contributed by atoms with E-state index in [1.54, 1.807) is 43.3 Å². The van der Waals surface area contributed by atoms with E-state index < -0.39 is 17.2 Å². The van der Waals surface area contributed by atoms with Gasteiger partial charge in [-0.2, -0.15) is 10.1 Å². The van der Waals surface area contributed by atoms with Crippen LogP contribution in [0.5, 0.6) is 5.75 Å². The number of carbonyl (C=O) groups is 3. The second kappa shape index (κ2) is 8.83. The van der Waals surface area contributed by atoms with Crippen LogP contribution in [0.2, 0.25) is 0 Å². The van der Waals surface area contributed by atoms with Crippen molar-refractivity contribution in [1.82, 2.24) is 0 Å². The number of para-hydroxylation sites is 3. The van der Waals surface area contributed by atoms with E-state index in [2.05, 4.69) is 5.10 Å². The molecule has 3 amide bonds. The predicted octanol–water partition coefficient (Wildman–Crippen LogP) is 4.23. The average molecular weight is 468 g/mol. The van der Waals surface area contributed by atoms with Crippen LogP contribution in [0, 0.1) is 11.3 Å². The Bertz CT molecular complexity index is 1320. The molecular weight excluding hydrogens is 442 g/mol. The molecule has 1 saturated heterocycles. The van der Waals surface area contributed by atoms with Crippen molar-refractivity contribution in [1.29, 1.82) is 0 Å². The molecule has 7 nitrogen and oxygen atoms in total. The van der Waals surface area contributed by atoms with Gasteiger partial charge in [0.1, 0.15) is 11.2 Å². The topological polar surface area (TPSA) is 79.3 Å². The number of hydrazone groups is 1. The van der Waals surface area contributed by atoms with E-state index in [1.165, 1.54) is 12.1 Å². The lowest BCUT2D eigenvalue weighted by Crippen LogP contribution is -2.49.